The van der Waals surface area contributed by atoms with Crippen LogP contribution in [-0.2, 0) is 9.03 Å². The molecule has 0 fully saturated rings. The van der Waals surface area contributed by atoms with Gasteiger partial charge in [0.2, 0.25) is 0 Å². The van der Waals surface area contributed by atoms with Crippen molar-refractivity contribution in [2.45, 2.75) is 6.29 Å². The molecule has 1 atom stereocenters. The normalized spacial score (nSPS) is 16.9. The molecule has 146 valence electrons. The zero-order valence-electron chi connectivity index (χ0n) is 15.2. The standard InChI is InChI=1S/C23H17ClO5/c25-24(26,27)29-23-22(19-14-8-3-9-15-19)21(18-12-6-2-7-13-18)20(16-28-23)17-10-4-1-5-11-17/h1-16,23H. The van der Waals surface area contributed by atoms with Crippen molar-refractivity contribution < 1.29 is 33.2 Å². The molecule has 0 N–H and O–H groups in total. The average molecular weight is 409 g/mol. The number of allylic oxidation sites excluding steroid dienone is 2. The lowest BCUT2D eigenvalue weighted by atomic mass is 9.85. The summed E-state index contributed by atoms with van der Waals surface area (Å²) in [7, 11) is -4.69. The van der Waals surface area contributed by atoms with E-state index in [0.717, 1.165) is 22.3 Å². The van der Waals surface area contributed by atoms with Gasteiger partial charge in [0.25, 0.3) is 0 Å². The fourth-order valence-electron chi connectivity index (χ4n) is 3.33. The van der Waals surface area contributed by atoms with E-state index in [1.807, 2.05) is 91.0 Å². The van der Waals surface area contributed by atoms with Crippen molar-refractivity contribution >= 4 is 16.7 Å². The second kappa shape index (κ2) is 8.21. The Labute approximate surface area is 170 Å². The van der Waals surface area contributed by atoms with Crippen molar-refractivity contribution in [1.82, 2.24) is 0 Å². The smallest absolute Gasteiger partial charge is 0.379 e. The molecule has 0 aromatic heterocycles. The van der Waals surface area contributed by atoms with E-state index in [0.29, 0.717) is 11.1 Å². The van der Waals surface area contributed by atoms with E-state index in [2.05, 4.69) is 0 Å². The first-order valence-electron chi connectivity index (χ1n) is 8.88. The van der Waals surface area contributed by atoms with Crippen LogP contribution < -0.4 is 14.0 Å². The monoisotopic (exact) mass is 408 g/mol. The average Bonchev–Trinajstić information content (AvgIpc) is 2.74. The molecule has 5 nitrogen and oxygen atoms in total. The minimum atomic E-state index is -4.69. The van der Waals surface area contributed by atoms with E-state index < -0.39 is 16.5 Å². The molecule has 0 spiro atoms. The lowest BCUT2D eigenvalue weighted by Gasteiger charge is -2.28. The molecular formula is C23H17ClO5. The molecule has 0 saturated heterocycles. The summed E-state index contributed by atoms with van der Waals surface area (Å²) in [5.74, 6) is 0. The van der Waals surface area contributed by atoms with Crippen LogP contribution in [0.4, 0.5) is 0 Å². The lowest BCUT2D eigenvalue weighted by Crippen LogP contribution is -2.62. The Bertz CT molecular complexity index is 1030. The lowest BCUT2D eigenvalue weighted by molar-refractivity contribution is -1.92. The molecule has 0 amide bonds. The van der Waals surface area contributed by atoms with E-state index >= 15 is 0 Å². The number of hydrogen-bond acceptors (Lipinski definition) is 5. The van der Waals surface area contributed by atoms with Crippen molar-refractivity contribution in [3.05, 3.63) is 114 Å². The maximum absolute atomic E-state index is 11.3. The van der Waals surface area contributed by atoms with Crippen LogP contribution in [0.5, 0.6) is 0 Å². The molecule has 1 aliphatic rings. The third-order valence-corrected chi connectivity index (χ3v) is 4.89. The Morgan fingerprint density at radius 3 is 1.66 bits per heavy atom. The highest BCUT2D eigenvalue weighted by Crippen LogP contribution is 2.43. The van der Waals surface area contributed by atoms with Gasteiger partial charge in [-0.25, -0.2) is 0 Å². The van der Waals surface area contributed by atoms with Gasteiger partial charge >= 0.3 is 6.29 Å². The highest BCUT2D eigenvalue weighted by molar-refractivity contribution is 6.15. The first kappa shape index (κ1) is 19.4. The van der Waals surface area contributed by atoms with Crippen LogP contribution in [0.2, 0.25) is 0 Å². The molecule has 4 rings (SSSR count). The minimum Gasteiger partial charge on any atom is -0.455 e. The van der Waals surface area contributed by atoms with Gasteiger partial charge in [0.1, 0.15) is 4.29 Å². The van der Waals surface area contributed by atoms with E-state index in [9.17, 15) is 14.0 Å². The van der Waals surface area contributed by atoms with Crippen LogP contribution in [0.3, 0.4) is 0 Å². The molecule has 3 aromatic rings. The van der Waals surface area contributed by atoms with Gasteiger partial charge in [0, 0.05) is 11.1 Å². The molecule has 0 saturated carbocycles. The predicted molar refractivity (Wildman–Crippen MR) is 100 cm³/mol. The Balaban J connectivity index is 1.98. The molecule has 0 aliphatic carbocycles. The van der Waals surface area contributed by atoms with Crippen LogP contribution in [0.25, 0.3) is 16.7 Å². The van der Waals surface area contributed by atoms with Gasteiger partial charge in [-0.15, -0.1) is 0 Å². The molecular weight excluding hydrogens is 392 g/mol. The number of hydrogen-bond donors (Lipinski definition) is 0. The van der Waals surface area contributed by atoms with Gasteiger partial charge in [-0.3, -0.25) is 0 Å². The summed E-state index contributed by atoms with van der Waals surface area (Å²) in [4.78, 5) is 0. The Morgan fingerprint density at radius 2 is 1.14 bits per heavy atom. The van der Waals surface area contributed by atoms with Gasteiger partial charge < -0.3 is 4.74 Å². The fourth-order valence-corrected chi connectivity index (χ4v) is 3.66. The van der Waals surface area contributed by atoms with Gasteiger partial charge in [0.15, 0.2) is 0 Å². The third-order valence-electron chi connectivity index (χ3n) is 4.51. The molecule has 1 unspecified atom stereocenters. The van der Waals surface area contributed by atoms with Crippen molar-refractivity contribution in [3.63, 3.8) is 0 Å². The third kappa shape index (κ3) is 4.40. The highest BCUT2D eigenvalue weighted by atomic mass is 35.7. The van der Waals surface area contributed by atoms with Gasteiger partial charge in [0.05, 0.1) is 22.1 Å². The Hall–Kier alpha value is -2.93. The molecule has 6 heteroatoms. The minimum absolute atomic E-state index is 0.463. The summed E-state index contributed by atoms with van der Waals surface area (Å²) in [6.07, 6.45) is 0.0411. The van der Waals surface area contributed by atoms with E-state index in [4.69, 9.17) is 9.03 Å². The second-order valence-electron chi connectivity index (χ2n) is 6.35. The topological polar surface area (TPSA) is 87.6 Å². The molecule has 0 bridgehead atoms. The van der Waals surface area contributed by atoms with E-state index in [1.165, 1.54) is 6.26 Å². The summed E-state index contributed by atoms with van der Waals surface area (Å²) in [6, 6.07) is 28.2. The summed E-state index contributed by atoms with van der Waals surface area (Å²) >= 11 is 0. The maximum Gasteiger partial charge on any atom is 0.379 e. The van der Waals surface area contributed by atoms with Crippen LogP contribution >= 0.6 is 0 Å². The summed E-state index contributed by atoms with van der Waals surface area (Å²) in [5, 5.41) is 0. The van der Waals surface area contributed by atoms with Crippen LogP contribution in [0.1, 0.15) is 16.7 Å². The van der Waals surface area contributed by atoms with Gasteiger partial charge in [-0.05, 0) is 16.7 Å². The molecule has 1 heterocycles. The quantitative estimate of drug-likeness (QED) is 0.643. The first-order valence-corrected chi connectivity index (χ1v) is 10.1. The highest BCUT2D eigenvalue weighted by Gasteiger charge is 2.39. The zero-order chi connectivity index (χ0) is 20.3. The molecule has 1 aliphatic heterocycles. The van der Waals surface area contributed by atoms with Gasteiger partial charge in [-0.1, -0.05) is 91.0 Å². The summed E-state index contributed by atoms with van der Waals surface area (Å²) in [5.41, 5.74) is 4.38. The summed E-state index contributed by atoms with van der Waals surface area (Å²) in [6.45, 7) is 0. The number of ether oxygens (including phenoxy) is 1. The van der Waals surface area contributed by atoms with Gasteiger partial charge in [-0.2, -0.15) is 14.0 Å². The largest absolute Gasteiger partial charge is 0.455 e. The Kier molecular flexibility index (Phi) is 5.49. The van der Waals surface area contributed by atoms with Crippen LogP contribution in [0.15, 0.2) is 97.3 Å². The second-order valence-corrected chi connectivity index (χ2v) is 7.29. The number of halogens is 1. The van der Waals surface area contributed by atoms with Crippen molar-refractivity contribution in [1.29, 1.82) is 0 Å². The molecule has 3 aromatic carbocycles. The predicted octanol–water partition coefficient (Wildman–Crippen LogP) is 1.91. The van der Waals surface area contributed by atoms with Crippen molar-refractivity contribution in [3.8, 4) is 0 Å². The number of rotatable bonds is 5. The van der Waals surface area contributed by atoms with E-state index in [1.54, 1.807) is 0 Å². The van der Waals surface area contributed by atoms with Crippen molar-refractivity contribution in [2.24, 2.45) is 0 Å². The summed E-state index contributed by atoms with van der Waals surface area (Å²) < 4.78 is 44.4. The number of benzene rings is 3. The first-order chi connectivity index (χ1) is 14.0. The molecule has 0 radical (unpaired) electrons. The zero-order valence-corrected chi connectivity index (χ0v) is 16.0. The maximum atomic E-state index is 11.3. The van der Waals surface area contributed by atoms with Crippen LogP contribution in [0, 0.1) is 10.2 Å². The molecule has 29 heavy (non-hydrogen) atoms. The van der Waals surface area contributed by atoms with Crippen LogP contribution in [-0.4, -0.2) is 6.29 Å². The Morgan fingerprint density at radius 1 is 0.655 bits per heavy atom. The fraction of sp³-hybridized carbons (Fsp3) is 0.0435. The van der Waals surface area contributed by atoms with E-state index in [-0.39, 0.29) is 0 Å². The van der Waals surface area contributed by atoms with Crippen molar-refractivity contribution in [2.75, 3.05) is 0 Å². The SMILES string of the molecule is [O-][Cl+3]([O-])([O-])OC1OC=C(c2ccccc2)C(c2ccccc2)=C1c1ccccc1.